The van der Waals surface area contributed by atoms with Crippen molar-refractivity contribution >= 4 is 21.2 Å². The molecule has 3 heterocycles. The van der Waals surface area contributed by atoms with Crippen LogP contribution in [-0.2, 0) is 16.4 Å². The highest BCUT2D eigenvalue weighted by atomic mass is 32.2. The minimum atomic E-state index is -3.56. The van der Waals surface area contributed by atoms with E-state index in [4.69, 9.17) is 0 Å². The molecule has 0 bridgehead atoms. The van der Waals surface area contributed by atoms with Crippen LogP contribution in [0.4, 0.5) is 5.69 Å². The first-order valence-corrected chi connectivity index (χ1v) is 8.02. The minimum Gasteiger partial charge on any atom is -0.264 e. The summed E-state index contributed by atoms with van der Waals surface area (Å²) in [5.74, 6) is 0. The van der Waals surface area contributed by atoms with E-state index in [1.807, 2.05) is 0 Å². The van der Waals surface area contributed by atoms with Crippen molar-refractivity contribution in [3.8, 4) is 0 Å². The van der Waals surface area contributed by atoms with Crippen molar-refractivity contribution in [2.75, 3.05) is 10.8 Å². The van der Waals surface area contributed by atoms with Gasteiger partial charge in [0.15, 0.2) is 0 Å². The molecular weight excluding hydrogens is 288 g/mol. The molecule has 0 fully saturated rings. The number of nitrogens with zero attached hydrogens (tertiary/aromatic N) is 4. The first-order chi connectivity index (χ1) is 10.2. The lowest BCUT2D eigenvalue weighted by Gasteiger charge is -2.27. The highest BCUT2D eigenvalue weighted by Crippen LogP contribution is 2.32. The normalized spacial score (nSPS) is 14.6. The highest BCUT2D eigenvalue weighted by Gasteiger charge is 2.31. The number of pyridine rings is 1. The van der Waals surface area contributed by atoms with Crippen molar-refractivity contribution < 1.29 is 8.42 Å². The number of sulfonamides is 1. The molecule has 0 N–H and O–H groups in total. The molecule has 21 heavy (non-hydrogen) atoms. The Labute approximate surface area is 121 Å². The maximum Gasteiger partial charge on any atom is 0.264 e. The first kappa shape index (κ1) is 12.3. The molecule has 0 saturated carbocycles. The number of aromatic nitrogens is 3. The molecule has 3 aromatic rings. The molecule has 7 heteroatoms. The fourth-order valence-corrected chi connectivity index (χ4v) is 4.15. The van der Waals surface area contributed by atoms with Crippen molar-refractivity contribution in [1.82, 2.24) is 14.8 Å². The molecule has 0 radical (unpaired) electrons. The molecule has 1 aromatic carbocycles. The standard InChI is InChI=1S/C14H12N4O2S/c19-21(20,11-5-2-1-3-6-11)18-10-8-12-14-13(18)7-4-9-17(14)16-15-12/h1-7,9H,8,10H2. The second-order valence-electron chi connectivity index (χ2n) is 4.86. The third-order valence-electron chi connectivity index (χ3n) is 3.64. The highest BCUT2D eigenvalue weighted by molar-refractivity contribution is 7.92. The summed E-state index contributed by atoms with van der Waals surface area (Å²) in [5, 5.41) is 8.13. The Hall–Kier alpha value is -2.41. The number of anilines is 1. The van der Waals surface area contributed by atoms with Gasteiger partial charge in [-0.1, -0.05) is 23.4 Å². The van der Waals surface area contributed by atoms with Crippen molar-refractivity contribution in [1.29, 1.82) is 0 Å². The van der Waals surface area contributed by atoms with Crippen molar-refractivity contribution in [3.05, 3.63) is 54.4 Å². The second kappa shape index (κ2) is 4.29. The Morgan fingerprint density at radius 1 is 1.05 bits per heavy atom. The van der Waals surface area contributed by atoms with Gasteiger partial charge in [0.25, 0.3) is 10.0 Å². The van der Waals surface area contributed by atoms with Crippen LogP contribution in [-0.4, -0.2) is 29.8 Å². The number of hydrogen-bond acceptors (Lipinski definition) is 4. The minimum absolute atomic E-state index is 0.294. The van der Waals surface area contributed by atoms with Gasteiger partial charge in [-0.15, -0.1) is 5.10 Å². The Bertz CT molecular complexity index is 919. The smallest absolute Gasteiger partial charge is 0.264 e. The maximum absolute atomic E-state index is 12.8. The fourth-order valence-electron chi connectivity index (χ4n) is 2.66. The third kappa shape index (κ3) is 1.74. The van der Waals surface area contributed by atoms with Gasteiger partial charge in [0.05, 0.1) is 16.3 Å². The first-order valence-electron chi connectivity index (χ1n) is 6.58. The summed E-state index contributed by atoms with van der Waals surface area (Å²) in [4.78, 5) is 0.294. The van der Waals surface area contributed by atoms with Crippen LogP contribution in [0.2, 0.25) is 0 Å². The number of rotatable bonds is 2. The van der Waals surface area contributed by atoms with Crippen molar-refractivity contribution in [2.45, 2.75) is 11.3 Å². The van der Waals surface area contributed by atoms with E-state index < -0.39 is 10.0 Å². The fraction of sp³-hybridized carbons (Fsp3) is 0.143. The maximum atomic E-state index is 12.8. The molecule has 1 aliphatic heterocycles. The zero-order chi connectivity index (χ0) is 14.4. The monoisotopic (exact) mass is 300 g/mol. The molecule has 106 valence electrons. The van der Waals surface area contributed by atoms with E-state index in [0.717, 1.165) is 11.2 Å². The van der Waals surface area contributed by atoms with Crippen molar-refractivity contribution in [3.63, 3.8) is 0 Å². The van der Waals surface area contributed by atoms with E-state index in [9.17, 15) is 8.42 Å². The van der Waals surface area contributed by atoms with Crippen LogP contribution < -0.4 is 4.31 Å². The third-order valence-corrected chi connectivity index (χ3v) is 5.47. The molecule has 1 aliphatic rings. The zero-order valence-corrected chi connectivity index (χ0v) is 11.9. The Morgan fingerprint density at radius 3 is 2.67 bits per heavy atom. The van der Waals surface area contributed by atoms with E-state index in [-0.39, 0.29) is 0 Å². The lowest BCUT2D eigenvalue weighted by atomic mass is 10.2. The quantitative estimate of drug-likeness (QED) is 0.719. The van der Waals surface area contributed by atoms with Gasteiger partial charge in [-0.25, -0.2) is 12.9 Å². The van der Waals surface area contributed by atoms with E-state index in [1.165, 1.54) is 4.31 Å². The van der Waals surface area contributed by atoms with Gasteiger partial charge < -0.3 is 0 Å². The van der Waals surface area contributed by atoms with Gasteiger partial charge in [-0.2, -0.15) is 0 Å². The summed E-state index contributed by atoms with van der Waals surface area (Å²) < 4.78 is 28.7. The second-order valence-corrected chi connectivity index (χ2v) is 6.73. The number of benzene rings is 1. The van der Waals surface area contributed by atoms with E-state index >= 15 is 0 Å². The van der Waals surface area contributed by atoms with Crippen molar-refractivity contribution in [2.24, 2.45) is 0 Å². The van der Waals surface area contributed by atoms with Gasteiger partial charge in [-0.05, 0) is 24.3 Å². The average Bonchev–Trinajstić information content (AvgIpc) is 2.94. The lowest BCUT2D eigenvalue weighted by molar-refractivity contribution is 0.590. The van der Waals surface area contributed by atoms with Gasteiger partial charge >= 0.3 is 0 Å². The van der Waals surface area contributed by atoms with Crippen LogP contribution in [0.25, 0.3) is 5.52 Å². The lowest BCUT2D eigenvalue weighted by Crippen LogP contribution is -2.35. The molecule has 0 unspecified atom stereocenters. The van der Waals surface area contributed by atoms with E-state index in [1.54, 1.807) is 53.2 Å². The Kier molecular flexibility index (Phi) is 2.52. The van der Waals surface area contributed by atoms with Gasteiger partial charge in [0, 0.05) is 19.2 Å². The summed E-state index contributed by atoms with van der Waals surface area (Å²) >= 11 is 0. The Balaban J connectivity index is 1.93. The largest absolute Gasteiger partial charge is 0.264 e. The molecule has 0 spiro atoms. The molecular formula is C14H12N4O2S. The van der Waals surface area contributed by atoms with Gasteiger partial charge in [0.2, 0.25) is 0 Å². The summed E-state index contributed by atoms with van der Waals surface area (Å²) in [5.41, 5.74) is 2.24. The zero-order valence-electron chi connectivity index (χ0n) is 11.0. The van der Waals surface area contributed by atoms with E-state index in [0.29, 0.717) is 23.5 Å². The predicted molar refractivity (Wildman–Crippen MR) is 77.7 cm³/mol. The molecule has 2 aromatic heterocycles. The van der Waals surface area contributed by atoms with Crippen LogP contribution in [0.1, 0.15) is 5.69 Å². The average molecular weight is 300 g/mol. The van der Waals surface area contributed by atoms with Crippen LogP contribution in [0.15, 0.2) is 53.6 Å². The SMILES string of the molecule is O=S(=O)(c1ccccc1)N1CCc2nnn3cccc1c23. The number of hydrogen-bond donors (Lipinski definition) is 0. The molecule has 6 nitrogen and oxygen atoms in total. The summed E-state index contributed by atoms with van der Waals surface area (Å²) in [6, 6.07) is 12.0. The van der Waals surface area contributed by atoms with Crippen LogP contribution in [0.5, 0.6) is 0 Å². The van der Waals surface area contributed by atoms with Crippen LogP contribution in [0.3, 0.4) is 0 Å². The van der Waals surface area contributed by atoms with Gasteiger partial charge in [-0.3, -0.25) is 4.31 Å². The van der Waals surface area contributed by atoms with E-state index in [2.05, 4.69) is 10.3 Å². The molecule has 0 saturated heterocycles. The molecule has 0 amide bonds. The Morgan fingerprint density at radius 2 is 1.86 bits per heavy atom. The molecule has 0 atom stereocenters. The van der Waals surface area contributed by atoms with Crippen LogP contribution in [0, 0.1) is 0 Å². The molecule has 4 rings (SSSR count). The summed E-state index contributed by atoms with van der Waals surface area (Å²) in [7, 11) is -3.56. The van der Waals surface area contributed by atoms with Gasteiger partial charge in [0.1, 0.15) is 5.52 Å². The molecule has 0 aliphatic carbocycles. The van der Waals surface area contributed by atoms with Crippen LogP contribution >= 0.6 is 0 Å². The summed E-state index contributed by atoms with van der Waals surface area (Å²) in [6.45, 7) is 0.378. The topological polar surface area (TPSA) is 67.6 Å². The predicted octanol–water partition coefficient (Wildman–Crippen LogP) is 1.48. The summed E-state index contributed by atoms with van der Waals surface area (Å²) in [6.07, 6.45) is 2.33.